The van der Waals surface area contributed by atoms with Gasteiger partial charge in [0.15, 0.2) is 5.82 Å². The maximum atomic E-state index is 11.3. The van der Waals surface area contributed by atoms with Crippen LogP contribution in [0, 0.1) is 66.7 Å². The van der Waals surface area contributed by atoms with Crippen molar-refractivity contribution in [2.75, 3.05) is 0 Å². The Labute approximate surface area is 423 Å². The van der Waals surface area contributed by atoms with Gasteiger partial charge in [-0.2, -0.15) is 20.2 Å². The zero-order valence-corrected chi connectivity index (χ0v) is 42.2. The van der Waals surface area contributed by atoms with Gasteiger partial charge in [-0.1, -0.05) is 106 Å². The summed E-state index contributed by atoms with van der Waals surface area (Å²) in [7, 11) is 0. The number of rotatable bonds is 6. The molecule has 0 aliphatic carbocycles. The number of hydrogen-bond acceptors (Lipinski definition) is 4. The Hall–Kier alpha value is -9.12. The molecule has 0 N–H and O–H groups in total. The van der Waals surface area contributed by atoms with Crippen LogP contribution in [0.2, 0.25) is 0 Å². The SMILES string of the molecule is Cc1ccc(-c2ccc3c(c2)c2cc(-c4ccc(C)cc4C)ccc2n3-c2ccc(-c3nc(-n4c5ccc(C)cc5c5cc(C)ccc54)nc(-n4c5ccc(C)cc5c5cc(C)ccc54)n3)cc2C#N)c(C)c1. The average molecular weight is 942 g/mol. The first kappa shape index (κ1) is 43.9. The van der Waals surface area contributed by atoms with Gasteiger partial charge >= 0.3 is 0 Å². The number of fused-ring (bicyclic) bond motifs is 9. The second-order valence-corrected chi connectivity index (χ2v) is 20.3. The second-order valence-electron chi connectivity index (χ2n) is 20.3. The van der Waals surface area contributed by atoms with E-state index in [0.717, 1.165) is 82.2 Å². The molecule has 4 aromatic heterocycles. The number of nitriles is 1. The lowest BCUT2D eigenvalue weighted by atomic mass is 9.95. The summed E-state index contributed by atoms with van der Waals surface area (Å²) in [4.78, 5) is 16.2. The third-order valence-corrected chi connectivity index (χ3v) is 14.9. The monoisotopic (exact) mass is 941 g/mol. The zero-order valence-electron chi connectivity index (χ0n) is 42.2. The van der Waals surface area contributed by atoms with E-state index in [2.05, 4.69) is 233 Å². The minimum absolute atomic E-state index is 0.463. The molecule has 0 aliphatic rings. The average Bonchev–Trinajstić information content (AvgIpc) is 3.99. The molecular formula is C66H51N7. The first-order valence-electron chi connectivity index (χ1n) is 25.0. The van der Waals surface area contributed by atoms with Crippen molar-refractivity contribution in [3.8, 4) is 57.3 Å². The Balaban J connectivity index is 1.05. The summed E-state index contributed by atoms with van der Waals surface area (Å²) in [5.41, 5.74) is 22.4. The molecular weight excluding hydrogens is 891 g/mol. The molecule has 9 aromatic carbocycles. The van der Waals surface area contributed by atoms with Gasteiger partial charge in [0, 0.05) is 37.9 Å². The van der Waals surface area contributed by atoms with Crippen LogP contribution >= 0.6 is 0 Å². The van der Waals surface area contributed by atoms with E-state index in [9.17, 15) is 5.26 Å². The Bertz CT molecular complexity index is 4180. The Morgan fingerprint density at radius 3 is 1.07 bits per heavy atom. The summed E-state index contributed by atoms with van der Waals surface area (Å²) in [6, 6.07) is 61.7. The summed E-state index contributed by atoms with van der Waals surface area (Å²) in [6.07, 6.45) is 0. The number of nitrogens with zero attached hydrogens (tertiary/aromatic N) is 7. The van der Waals surface area contributed by atoms with Crippen molar-refractivity contribution in [3.63, 3.8) is 0 Å². The van der Waals surface area contributed by atoms with Crippen molar-refractivity contribution < 1.29 is 0 Å². The van der Waals surface area contributed by atoms with E-state index in [4.69, 9.17) is 15.0 Å². The van der Waals surface area contributed by atoms with Crippen molar-refractivity contribution in [3.05, 3.63) is 214 Å². The quantitative estimate of drug-likeness (QED) is 0.166. The van der Waals surface area contributed by atoms with Gasteiger partial charge in [0.25, 0.3) is 0 Å². The molecule has 0 aliphatic heterocycles. The van der Waals surface area contributed by atoms with Crippen molar-refractivity contribution >= 4 is 65.4 Å². The van der Waals surface area contributed by atoms with Crippen LogP contribution in [0.25, 0.3) is 117 Å². The highest BCUT2D eigenvalue weighted by molar-refractivity contribution is 6.13. The summed E-state index contributed by atoms with van der Waals surface area (Å²) in [5, 5.41) is 18.0. The third-order valence-electron chi connectivity index (χ3n) is 14.9. The normalized spacial score (nSPS) is 11.8. The molecule has 350 valence electrons. The molecule has 0 radical (unpaired) electrons. The molecule has 7 heteroatoms. The van der Waals surface area contributed by atoms with Crippen LogP contribution in [-0.4, -0.2) is 28.7 Å². The fourth-order valence-corrected chi connectivity index (χ4v) is 11.5. The molecule has 13 rings (SSSR count). The van der Waals surface area contributed by atoms with Crippen LogP contribution in [0.3, 0.4) is 0 Å². The Kier molecular flexibility index (Phi) is 9.90. The summed E-state index contributed by atoms with van der Waals surface area (Å²) in [6.45, 7) is 17.2. The predicted molar refractivity (Wildman–Crippen MR) is 302 cm³/mol. The highest BCUT2D eigenvalue weighted by atomic mass is 15.3. The first-order valence-corrected chi connectivity index (χ1v) is 25.0. The topological polar surface area (TPSA) is 77.2 Å². The largest absolute Gasteiger partial charge is 0.308 e. The molecule has 0 unspecified atom stereocenters. The maximum absolute atomic E-state index is 11.3. The maximum Gasteiger partial charge on any atom is 0.240 e. The fraction of sp³-hybridized carbons (Fsp3) is 0.121. The molecule has 7 nitrogen and oxygen atoms in total. The van der Waals surface area contributed by atoms with E-state index < -0.39 is 0 Å². The molecule has 73 heavy (non-hydrogen) atoms. The second kappa shape index (κ2) is 16.5. The summed E-state index contributed by atoms with van der Waals surface area (Å²) >= 11 is 0. The molecule has 0 bridgehead atoms. The van der Waals surface area contributed by atoms with E-state index in [1.807, 2.05) is 6.07 Å². The molecule has 0 spiro atoms. The molecule has 13 aromatic rings. The van der Waals surface area contributed by atoms with Crippen LogP contribution in [0.5, 0.6) is 0 Å². The minimum Gasteiger partial charge on any atom is -0.308 e. The summed E-state index contributed by atoms with van der Waals surface area (Å²) < 4.78 is 6.58. The van der Waals surface area contributed by atoms with Crippen LogP contribution in [0.1, 0.15) is 50.1 Å². The Morgan fingerprint density at radius 1 is 0.329 bits per heavy atom. The van der Waals surface area contributed by atoms with E-state index in [1.54, 1.807) is 0 Å². The zero-order chi connectivity index (χ0) is 50.0. The highest BCUT2D eigenvalue weighted by Crippen LogP contribution is 2.41. The lowest BCUT2D eigenvalue weighted by Gasteiger charge is -2.14. The van der Waals surface area contributed by atoms with Crippen LogP contribution in [0.4, 0.5) is 0 Å². The number of hydrogen-bond donors (Lipinski definition) is 0. The van der Waals surface area contributed by atoms with E-state index in [1.165, 1.54) is 55.6 Å². The van der Waals surface area contributed by atoms with Gasteiger partial charge in [0.05, 0.1) is 44.4 Å². The van der Waals surface area contributed by atoms with Gasteiger partial charge in [-0.25, -0.2) is 0 Å². The number of aryl methyl sites for hydroxylation is 8. The van der Waals surface area contributed by atoms with Crippen molar-refractivity contribution in [2.45, 2.75) is 55.4 Å². The molecule has 0 fully saturated rings. The fourth-order valence-electron chi connectivity index (χ4n) is 11.5. The molecule has 4 heterocycles. The van der Waals surface area contributed by atoms with Crippen LogP contribution in [-0.2, 0) is 0 Å². The molecule has 0 saturated heterocycles. The van der Waals surface area contributed by atoms with Gasteiger partial charge in [0.2, 0.25) is 11.9 Å². The van der Waals surface area contributed by atoms with Crippen LogP contribution < -0.4 is 0 Å². The van der Waals surface area contributed by atoms with Crippen molar-refractivity contribution in [1.82, 2.24) is 28.7 Å². The van der Waals surface area contributed by atoms with E-state index in [0.29, 0.717) is 28.8 Å². The van der Waals surface area contributed by atoms with Gasteiger partial charge in [0.1, 0.15) is 6.07 Å². The lowest BCUT2D eigenvalue weighted by molar-refractivity contribution is 0.892. The number of aromatic nitrogens is 6. The molecule has 0 amide bonds. The van der Waals surface area contributed by atoms with Gasteiger partial charge in [-0.15, -0.1) is 0 Å². The van der Waals surface area contributed by atoms with Gasteiger partial charge in [-0.05, 0) is 180 Å². The smallest absolute Gasteiger partial charge is 0.240 e. The predicted octanol–water partition coefficient (Wildman–Crippen LogP) is 16.5. The third kappa shape index (κ3) is 7.05. The van der Waals surface area contributed by atoms with E-state index in [-0.39, 0.29) is 0 Å². The van der Waals surface area contributed by atoms with Gasteiger partial charge in [-0.3, -0.25) is 9.13 Å². The number of benzene rings is 9. The molecule has 0 atom stereocenters. The van der Waals surface area contributed by atoms with Crippen molar-refractivity contribution in [2.24, 2.45) is 0 Å². The van der Waals surface area contributed by atoms with E-state index >= 15 is 0 Å². The highest BCUT2D eigenvalue weighted by Gasteiger charge is 2.23. The Morgan fingerprint density at radius 2 is 0.671 bits per heavy atom. The minimum atomic E-state index is 0.463. The lowest BCUT2D eigenvalue weighted by Crippen LogP contribution is -2.10. The van der Waals surface area contributed by atoms with Crippen LogP contribution in [0.15, 0.2) is 164 Å². The van der Waals surface area contributed by atoms with Crippen molar-refractivity contribution in [1.29, 1.82) is 5.26 Å². The standard InChI is InChI=1S/C66H51N7/c1-37-9-18-49(43(7)27-37)45-15-25-58-55(34-45)56-35-46(50-19-10-38(2)28-44(50)8)16-26-59(56)71(58)57-24-17-47(33-48(57)36-67)64-68-65(72-60-20-11-39(3)29-51(60)52-30-40(4)12-21-61(52)72)70-66(69-64)73-62-22-13-41(5)31-53(62)54-32-42(6)14-23-63(54)73/h9-35H,1-8H3. The molecule has 0 saturated carbocycles. The first-order chi connectivity index (χ1) is 35.4. The summed E-state index contributed by atoms with van der Waals surface area (Å²) in [5.74, 6) is 1.45. The van der Waals surface area contributed by atoms with Gasteiger partial charge < -0.3 is 4.57 Å².